The number of nitro groups is 1. The Hall–Kier alpha value is -3.01. The molecular weight excluding hydrogens is 270 g/mol. The lowest BCUT2D eigenvalue weighted by atomic mass is 10.1. The van der Waals surface area contributed by atoms with E-state index in [9.17, 15) is 10.1 Å². The van der Waals surface area contributed by atoms with Crippen LogP contribution in [0.3, 0.4) is 0 Å². The second-order valence-electron chi connectivity index (χ2n) is 4.27. The van der Waals surface area contributed by atoms with E-state index < -0.39 is 4.92 Å². The average Bonchev–Trinajstić information content (AvgIpc) is 2.52. The lowest BCUT2D eigenvalue weighted by molar-refractivity contribution is -0.385. The van der Waals surface area contributed by atoms with E-state index in [1.54, 1.807) is 6.20 Å². The summed E-state index contributed by atoms with van der Waals surface area (Å²) in [5, 5.41) is 22.7. The zero-order chi connectivity index (χ0) is 15.2. The number of pyridine rings is 2. The highest BCUT2D eigenvalue weighted by atomic mass is 16.6. The molecule has 106 valence electrons. The van der Waals surface area contributed by atoms with Gasteiger partial charge in [-0.25, -0.2) is 4.98 Å². The minimum Gasteiger partial charge on any atom is -0.363 e. The van der Waals surface area contributed by atoms with Crippen LogP contribution in [0.1, 0.15) is 23.7 Å². The maximum atomic E-state index is 10.7. The van der Waals surface area contributed by atoms with Gasteiger partial charge in [0.05, 0.1) is 17.2 Å². The van der Waals surface area contributed by atoms with E-state index in [1.807, 2.05) is 25.1 Å². The van der Waals surface area contributed by atoms with E-state index in [0.717, 1.165) is 23.9 Å². The van der Waals surface area contributed by atoms with E-state index in [1.165, 1.54) is 6.07 Å². The predicted molar refractivity (Wildman–Crippen MR) is 76.5 cm³/mol. The Balaban J connectivity index is 2.20. The van der Waals surface area contributed by atoms with Gasteiger partial charge in [-0.1, -0.05) is 13.0 Å². The molecule has 7 heteroatoms. The summed E-state index contributed by atoms with van der Waals surface area (Å²) in [6, 6.07) is 6.96. The standard InChI is InChI=1S/C14H13N5O2/c1-2-10-4-3-5-16-13(10)9-18-14-11(7-15)6-12(8-17-14)19(20)21/h3-6,8H,2,9H2,1H3,(H,17,18). The summed E-state index contributed by atoms with van der Waals surface area (Å²) in [6.07, 6.45) is 3.68. The van der Waals surface area contributed by atoms with Gasteiger partial charge in [-0.05, 0) is 18.1 Å². The number of aryl methyl sites for hydroxylation is 1. The highest BCUT2D eigenvalue weighted by molar-refractivity contribution is 5.55. The molecule has 0 aromatic carbocycles. The van der Waals surface area contributed by atoms with E-state index >= 15 is 0 Å². The van der Waals surface area contributed by atoms with Gasteiger partial charge in [0.1, 0.15) is 23.6 Å². The van der Waals surface area contributed by atoms with Crippen molar-refractivity contribution in [3.05, 3.63) is 57.5 Å². The number of nitriles is 1. The van der Waals surface area contributed by atoms with Crippen LogP contribution in [0.15, 0.2) is 30.6 Å². The number of anilines is 1. The number of nitrogens with one attached hydrogen (secondary N) is 1. The third-order valence-corrected chi connectivity index (χ3v) is 2.99. The van der Waals surface area contributed by atoms with Gasteiger partial charge in [0, 0.05) is 12.3 Å². The first kappa shape index (κ1) is 14.4. The van der Waals surface area contributed by atoms with Crippen LogP contribution in [0, 0.1) is 21.4 Å². The van der Waals surface area contributed by atoms with E-state index in [2.05, 4.69) is 15.3 Å². The summed E-state index contributed by atoms with van der Waals surface area (Å²) in [5.41, 5.74) is 1.90. The van der Waals surface area contributed by atoms with Crippen molar-refractivity contribution in [2.24, 2.45) is 0 Å². The number of rotatable bonds is 5. The molecule has 2 aromatic heterocycles. The van der Waals surface area contributed by atoms with Gasteiger partial charge in [-0.15, -0.1) is 0 Å². The quantitative estimate of drug-likeness (QED) is 0.667. The van der Waals surface area contributed by atoms with Gasteiger partial charge in [-0.2, -0.15) is 5.26 Å². The molecule has 0 fully saturated rings. The lowest BCUT2D eigenvalue weighted by Gasteiger charge is -2.09. The molecule has 21 heavy (non-hydrogen) atoms. The highest BCUT2D eigenvalue weighted by Crippen LogP contribution is 2.19. The molecule has 1 N–H and O–H groups in total. The predicted octanol–water partition coefficient (Wildman–Crippen LogP) is 2.43. The number of aromatic nitrogens is 2. The van der Waals surface area contributed by atoms with E-state index in [4.69, 9.17) is 5.26 Å². The van der Waals surface area contributed by atoms with Crippen molar-refractivity contribution in [2.45, 2.75) is 19.9 Å². The fourth-order valence-electron chi connectivity index (χ4n) is 1.90. The summed E-state index contributed by atoms with van der Waals surface area (Å²) in [4.78, 5) is 18.3. The van der Waals surface area contributed by atoms with E-state index in [0.29, 0.717) is 12.4 Å². The van der Waals surface area contributed by atoms with Crippen molar-refractivity contribution in [2.75, 3.05) is 5.32 Å². The molecule has 0 spiro atoms. The Labute approximate surface area is 121 Å². The second kappa shape index (κ2) is 6.43. The van der Waals surface area contributed by atoms with Crippen LogP contribution in [0.2, 0.25) is 0 Å². The fraction of sp³-hybridized carbons (Fsp3) is 0.214. The van der Waals surface area contributed by atoms with Crippen LogP contribution in [0.25, 0.3) is 0 Å². The number of hydrogen-bond donors (Lipinski definition) is 1. The normalized spacial score (nSPS) is 9.90. The van der Waals surface area contributed by atoms with Crippen LogP contribution in [0.4, 0.5) is 11.5 Å². The third kappa shape index (κ3) is 3.30. The summed E-state index contributed by atoms with van der Waals surface area (Å²) in [5.74, 6) is 0.316. The Morgan fingerprint density at radius 2 is 2.29 bits per heavy atom. The Morgan fingerprint density at radius 3 is 2.95 bits per heavy atom. The third-order valence-electron chi connectivity index (χ3n) is 2.99. The van der Waals surface area contributed by atoms with Gasteiger partial charge in [-0.3, -0.25) is 15.1 Å². The minimum atomic E-state index is -0.578. The van der Waals surface area contributed by atoms with Crippen molar-refractivity contribution in [3.63, 3.8) is 0 Å². The van der Waals surface area contributed by atoms with Gasteiger partial charge in [0.25, 0.3) is 5.69 Å². The van der Waals surface area contributed by atoms with Crippen LogP contribution in [-0.2, 0) is 13.0 Å². The molecule has 0 unspecified atom stereocenters. The molecule has 0 bridgehead atoms. The maximum Gasteiger partial charge on any atom is 0.289 e. The fourth-order valence-corrected chi connectivity index (χ4v) is 1.90. The number of nitrogens with zero attached hydrogens (tertiary/aromatic N) is 4. The molecule has 2 aromatic rings. The zero-order valence-electron chi connectivity index (χ0n) is 11.4. The lowest BCUT2D eigenvalue weighted by Crippen LogP contribution is -2.07. The van der Waals surface area contributed by atoms with Crippen molar-refractivity contribution in [1.82, 2.24) is 9.97 Å². The van der Waals surface area contributed by atoms with Gasteiger partial charge in [0.2, 0.25) is 0 Å². The van der Waals surface area contributed by atoms with Gasteiger partial charge >= 0.3 is 0 Å². The Kier molecular flexibility index (Phi) is 4.41. The highest BCUT2D eigenvalue weighted by Gasteiger charge is 2.12. The van der Waals surface area contributed by atoms with Crippen LogP contribution in [0.5, 0.6) is 0 Å². The first-order valence-electron chi connectivity index (χ1n) is 6.37. The van der Waals surface area contributed by atoms with Gasteiger partial charge < -0.3 is 5.32 Å². The summed E-state index contributed by atoms with van der Waals surface area (Å²) >= 11 is 0. The number of hydrogen-bond acceptors (Lipinski definition) is 6. The molecule has 0 saturated carbocycles. The molecule has 0 saturated heterocycles. The first-order valence-corrected chi connectivity index (χ1v) is 6.37. The Morgan fingerprint density at radius 1 is 1.48 bits per heavy atom. The molecule has 0 amide bonds. The van der Waals surface area contributed by atoms with Crippen molar-refractivity contribution in [1.29, 1.82) is 5.26 Å². The molecule has 0 aliphatic rings. The molecule has 0 aliphatic carbocycles. The van der Waals surface area contributed by atoms with Crippen molar-refractivity contribution < 1.29 is 4.92 Å². The molecule has 7 nitrogen and oxygen atoms in total. The SMILES string of the molecule is CCc1cccnc1CNc1ncc([N+](=O)[O-])cc1C#N. The van der Waals surface area contributed by atoms with Crippen LogP contribution < -0.4 is 5.32 Å². The maximum absolute atomic E-state index is 10.7. The molecular formula is C14H13N5O2. The molecule has 0 aliphatic heterocycles. The Bertz CT molecular complexity index is 709. The van der Waals surface area contributed by atoms with Crippen molar-refractivity contribution >= 4 is 11.5 Å². The van der Waals surface area contributed by atoms with Crippen LogP contribution >= 0.6 is 0 Å². The molecule has 0 radical (unpaired) electrons. The topological polar surface area (TPSA) is 105 Å². The van der Waals surface area contributed by atoms with E-state index in [-0.39, 0.29) is 11.3 Å². The minimum absolute atomic E-state index is 0.137. The average molecular weight is 283 g/mol. The first-order chi connectivity index (χ1) is 10.2. The second-order valence-corrected chi connectivity index (χ2v) is 4.27. The van der Waals surface area contributed by atoms with Gasteiger partial charge in [0.15, 0.2) is 0 Å². The van der Waals surface area contributed by atoms with Crippen molar-refractivity contribution in [3.8, 4) is 6.07 Å². The zero-order valence-corrected chi connectivity index (χ0v) is 11.4. The molecule has 2 heterocycles. The summed E-state index contributed by atoms with van der Waals surface area (Å²) in [7, 11) is 0. The molecule has 0 atom stereocenters. The molecule has 2 rings (SSSR count). The largest absolute Gasteiger partial charge is 0.363 e. The summed E-state index contributed by atoms with van der Waals surface area (Å²) < 4.78 is 0. The van der Waals surface area contributed by atoms with Crippen LogP contribution in [-0.4, -0.2) is 14.9 Å². The monoisotopic (exact) mass is 283 g/mol. The summed E-state index contributed by atoms with van der Waals surface area (Å²) in [6.45, 7) is 2.44. The smallest absolute Gasteiger partial charge is 0.289 e.